The fourth-order valence-electron chi connectivity index (χ4n) is 4.89. The van der Waals surface area contributed by atoms with Gasteiger partial charge in [-0.15, -0.1) is 0 Å². The molecule has 0 heterocycles. The van der Waals surface area contributed by atoms with Crippen LogP contribution in [0.4, 0.5) is 11.4 Å². The van der Waals surface area contributed by atoms with Crippen molar-refractivity contribution in [1.29, 1.82) is 0 Å². The number of anilines is 2. The summed E-state index contributed by atoms with van der Waals surface area (Å²) < 4.78 is 5.85. The Morgan fingerprint density at radius 3 is 1.50 bits per heavy atom. The van der Waals surface area contributed by atoms with Crippen LogP contribution in [-0.2, 0) is 6.42 Å². The second-order valence-electron chi connectivity index (χ2n) is 9.80. The van der Waals surface area contributed by atoms with E-state index in [-0.39, 0.29) is 11.7 Å². The highest BCUT2D eigenvalue weighted by Gasteiger charge is 2.13. The van der Waals surface area contributed by atoms with E-state index in [4.69, 9.17) is 4.74 Å². The lowest BCUT2D eigenvalue weighted by Crippen LogP contribution is -2.14. The van der Waals surface area contributed by atoms with Crippen molar-refractivity contribution in [2.45, 2.75) is 41.0 Å². The summed E-state index contributed by atoms with van der Waals surface area (Å²) in [6, 6.07) is 22.7. The number of hydrogen-bond acceptors (Lipinski definition) is 4. The third-order valence-corrected chi connectivity index (χ3v) is 6.69. The van der Waals surface area contributed by atoms with Crippen LogP contribution in [0.5, 0.6) is 11.5 Å². The Morgan fingerprint density at radius 1 is 0.658 bits per heavy atom. The maximum absolute atomic E-state index is 13.0. The van der Waals surface area contributed by atoms with E-state index in [1.807, 2.05) is 20.9 Å². The molecule has 0 fully saturated rings. The van der Waals surface area contributed by atoms with Crippen LogP contribution in [0, 0.1) is 27.7 Å². The number of aryl methyl sites for hydroxylation is 4. The molecule has 38 heavy (non-hydrogen) atoms. The second-order valence-corrected chi connectivity index (χ2v) is 9.80. The zero-order valence-electron chi connectivity index (χ0n) is 22.9. The van der Waals surface area contributed by atoms with E-state index in [1.165, 1.54) is 34.9 Å². The van der Waals surface area contributed by atoms with Gasteiger partial charge in [0.05, 0.1) is 0 Å². The lowest BCUT2D eigenvalue weighted by Gasteiger charge is -2.16. The topological polar surface area (TPSA) is 67.4 Å². The standard InChI is InChI=1S/C33H34N2O3/c1-20-15-25(16-21(2)31(20)34-6)19-26-17-22(3)32(23(4)18-26)35-33(37)28-9-13-30(14-10-28)38-29-11-7-27(8-12-29)24(5)36/h7-18,34H,19H2,1-6H3,(H,35,37). The molecule has 4 aromatic carbocycles. The van der Waals surface area contributed by atoms with Crippen LogP contribution in [0.3, 0.4) is 0 Å². The van der Waals surface area contributed by atoms with Crippen molar-refractivity contribution in [1.82, 2.24) is 0 Å². The Hall–Kier alpha value is -4.38. The van der Waals surface area contributed by atoms with Crippen molar-refractivity contribution in [2.24, 2.45) is 0 Å². The van der Waals surface area contributed by atoms with Gasteiger partial charge in [-0.3, -0.25) is 9.59 Å². The van der Waals surface area contributed by atoms with Gasteiger partial charge in [0.25, 0.3) is 5.91 Å². The van der Waals surface area contributed by atoms with Crippen molar-refractivity contribution in [3.63, 3.8) is 0 Å². The van der Waals surface area contributed by atoms with E-state index in [9.17, 15) is 9.59 Å². The molecule has 4 aromatic rings. The van der Waals surface area contributed by atoms with Crippen LogP contribution in [0.2, 0.25) is 0 Å². The molecule has 0 unspecified atom stereocenters. The van der Waals surface area contributed by atoms with Gasteiger partial charge in [-0.05, 0) is 123 Å². The van der Waals surface area contributed by atoms with E-state index < -0.39 is 0 Å². The molecule has 0 saturated heterocycles. The third kappa shape index (κ3) is 6.12. The monoisotopic (exact) mass is 506 g/mol. The Balaban J connectivity index is 1.44. The number of carbonyl (C=O) groups is 2. The number of Topliss-reactive ketones (excluding diaryl/α,β-unsaturated/α-hetero) is 1. The first-order valence-corrected chi connectivity index (χ1v) is 12.7. The Labute approximate surface area is 224 Å². The highest BCUT2D eigenvalue weighted by molar-refractivity contribution is 6.05. The van der Waals surface area contributed by atoms with E-state index in [1.54, 1.807) is 48.5 Å². The number of ether oxygens (including phenoxy) is 1. The predicted molar refractivity (Wildman–Crippen MR) is 155 cm³/mol. The van der Waals surface area contributed by atoms with Crippen molar-refractivity contribution >= 4 is 23.1 Å². The average molecular weight is 507 g/mol. The molecule has 0 radical (unpaired) electrons. The summed E-state index contributed by atoms with van der Waals surface area (Å²) in [5.41, 5.74) is 10.2. The minimum atomic E-state index is -0.171. The number of hydrogen-bond donors (Lipinski definition) is 2. The van der Waals surface area contributed by atoms with Crippen LogP contribution in [0.25, 0.3) is 0 Å². The minimum absolute atomic E-state index is 0.0108. The van der Waals surface area contributed by atoms with E-state index >= 15 is 0 Å². The normalized spacial score (nSPS) is 10.7. The van der Waals surface area contributed by atoms with Crippen LogP contribution >= 0.6 is 0 Å². The van der Waals surface area contributed by atoms with Gasteiger partial charge in [-0.1, -0.05) is 24.3 Å². The molecular formula is C33H34N2O3. The molecule has 0 aliphatic carbocycles. The fourth-order valence-corrected chi connectivity index (χ4v) is 4.89. The molecular weight excluding hydrogens is 472 g/mol. The molecule has 0 spiro atoms. The zero-order chi connectivity index (χ0) is 27.4. The van der Waals surface area contributed by atoms with Gasteiger partial charge >= 0.3 is 0 Å². The molecule has 0 atom stereocenters. The Morgan fingerprint density at radius 2 is 1.08 bits per heavy atom. The van der Waals surface area contributed by atoms with E-state index in [0.29, 0.717) is 22.6 Å². The molecule has 5 heteroatoms. The molecule has 0 aromatic heterocycles. The number of amides is 1. The van der Waals surface area contributed by atoms with Crippen molar-refractivity contribution in [2.75, 3.05) is 17.7 Å². The maximum Gasteiger partial charge on any atom is 0.255 e. The molecule has 194 valence electrons. The van der Waals surface area contributed by atoms with E-state index in [0.717, 1.165) is 23.2 Å². The van der Waals surface area contributed by atoms with E-state index in [2.05, 4.69) is 48.7 Å². The highest BCUT2D eigenvalue weighted by Crippen LogP contribution is 2.28. The first kappa shape index (κ1) is 26.7. The Bertz CT molecular complexity index is 1440. The molecule has 0 aliphatic heterocycles. The molecule has 0 aliphatic rings. The largest absolute Gasteiger partial charge is 0.457 e. The molecule has 5 nitrogen and oxygen atoms in total. The molecule has 1 amide bonds. The molecule has 0 bridgehead atoms. The first-order chi connectivity index (χ1) is 18.1. The summed E-state index contributed by atoms with van der Waals surface area (Å²) in [4.78, 5) is 24.5. The summed E-state index contributed by atoms with van der Waals surface area (Å²) in [6.07, 6.45) is 0.834. The number of carbonyl (C=O) groups excluding carboxylic acids is 2. The van der Waals surface area contributed by atoms with Gasteiger partial charge in [0.1, 0.15) is 11.5 Å². The van der Waals surface area contributed by atoms with Gasteiger partial charge in [0.2, 0.25) is 0 Å². The number of benzene rings is 4. The fraction of sp³-hybridized carbons (Fsp3) is 0.212. The Kier molecular flexibility index (Phi) is 7.96. The predicted octanol–water partition coefficient (Wildman–Crippen LogP) is 7.80. The zero-order valence-corrected chi connectivity index (χ0v) is 22.9. The summed E-state index contributed by atoms with van der Waals surface area (Å²) >= 11 is 0. The summed E-state index contributed by atoms with van der Waals surface area (Å²) in [6.45, 7) is 9.84. The van der Waals surface area contributed by atoms with Crippen LogP contribution < -0.4 is 15.4 Å². The number of nitrogens with one attached hydrogen (secondary N) is 2. The van der Waals surface area contributed by atoms with Crippen LogP contribution in [0.15, 0.2) is 72.8 Å². The lowest BCUT2D eigenvalue weighted by molar-refractivity contribution is 0.101. The molecule has 2 N–H and O–H groups in total. The summed E-state index contributed by atoms with van der Waals surface area (Å²) in [5.74, 6) is 1.08. The van der Waals surface area contributed by atoms with Crippen molar-refractivity contribution in [3.05, 3.63) is 117 Å². The first-order valence-electron chi connectivity index (χ1n) is 12.7. The maximum atomic E-state index is 13.0. The lowest BCUT2D eigenvalue weighted by atomic mass is 9.96. The quantitative estimate of drug-likeness (QED) is 0.239. The SMILES string of the molecule is CNc1c(C)cc(Cc2cc(C)c(NC(=O)c3ccc(Oc4ccc(C(C)=O)cc4)cc3)c(C)c2)cc1C. The average Bonchev–Trinajstić information content (AvgIpc) is 2.87. The smallest absolute Gasteiger partial charge is 0.255 e. The van der Waals surface area contributed by atoms with Crippen LogP contribution in [0.1, 0.15) is 61.0 Å². The van der Waals surface area contributed by atoms with Gasteiger partial charge in [-0.25, -0.2) is 0 Å². The van der Waals surface area contributed by atoms with Crippen molar-refractivity contribution in [3.8, 4) is 11.5 Å². The second kappa shape index (κ2) is 11.3. The third-order valence-electron chi connectivity index (χ3n) is 6.69. The number of ketones is 1. The minimum Gasteiger partial charge on any atom is -0.457 e. The van der Waals surface area contributed by atoms with Crippen molar-refractivity contribution < 1.29 is 14.3 Å². The van der Waals surface area contributed by atoms with Gasteiger partial charge in [0, 0.05) is 29.5 Å². The molecule has 4 rings (SSSR count). The van der Waals surface area contributed by atoms with Gasteiger partial charge in [0.15, 0.2) is 5.78 Å². The summed E-state index contributed by atoms with van der Waals surface area (Å²) in [7, 11) is 1.95. The molecule has 0 saturated carbocycles. The van der Waals surface area contributed by atoms with Gasteiger partial charge in [-0.2, -0.15) is 0 Å². The highest BCUT2D eigenvalue weighted by atomic mass is 16.5. The van der Waals surface area contributed by atoms with Gasteiger partial charge < -0.3 is 15.4 Å². The summed E-state index contributed by atoms with van der Waals surface area (Å²) in [5, 5.41) is 6.36. The van der Waals surface area contributed by atoms with Crippen LogP contribution in [-0.4, -0.2) is 18.7 Å². The number of rotatable bonds is 8.